The van der Waals surface area contributed by atoms with E-state index in [0.717, 1.165) is 5.56 Å². The summed E-state index contributed by atoms with van der Waals surface area (Å²) in [7, 11) is 0. The van der Waals surface area contributed by atoms with Crippen molar-refractivity contribution in [2.75, 3.05) is 13.2 Å². The van der Waals surface area contributed by atoms with E-state index in [1.807, 2.05) is 0 Å². The summed E-state index contributed by atoms with van der Waals surface area (Å²) in [4.78, 5) is 31.4. The van der Waals surface area contributed by atoms with Crippen LogP contribution in [0, 0.1) is 11.6 Å². The topological polar surface area (TPSA) is 68.2 Å². The molecule has 1 atom stereocenters. The predicted molar refractivity (Wildman–Crippen MR) is 110 cm³/mol. The van der Waals surface area contributed by atoms with Gasteiger partial charge in [0.15, 0.2) is 6.10 Å². The molecule has 1 aliphatic heterocycles. The molecule has 8 heteroatoms. The average Bonchev–Trinajstić information content (AvgIpc) is 3.22. The van der Waals surface area contributed by atoms with E-state index in [2.05, 4.69) is 5.16 Å². The number of carbonyl (C=O) groups excluding carboxylic acids is 2. The van der Waals surface area contributed by atoms with Crippen LogP contribution in [-0.2, 0) is 25.7 Å². The summed E-state index contributed by atoms with van der Waals surface area (Å²) < 4.78 is 32.2. The zero-order valence-corrected chi connectivity index (χ0v) is 17.2. The first-order valence-corrected chi connectivity index (χ1v) is 10.1. The quantitative estimate of drug-likeness (QED) is 0.567. The lowest BCUT2D eigenvalue weighted by atomic mass is 10.0. The molecule has 2 aromatic rings. The van der Waals surface area contributed by atoms with Gasteiger partial charge in [0.2, 0.25) is 5.91 Å². The molecule has 1 amide bonds. The standard InChI is InChI=1S/C23H24F2N2O4/c1-2-30-23(29)12-11-22(28)27(14-16-7-9-17(24)10-8-16)15-18-13-21(26-31-18)19-5-3-4-6-20(19)25/h3-10,18H,2,11-15H2,1H3. The molecule has 0 aromatic heterocycles. The van der Waals surface area contributed by atoms with Gasteiger partial charge in [-0.05, 0) is 30.7 Å². The van der Waals surface area contributed by atoms with Gasteiger partial charge in [0, 0.05) is 24.9 Å². The third-order valence-electron chi connectivity index (χ3n) is 4.83. The van der Waals surface area contributed by atoms with Crippen molar-refractivity contribution in [2.45, 2.75) is 38.8 Å². The van der Waals surface area contributed by atoms with E-state index in [1.165, 1.54) is 23.1 Å². The van der Waals surface area contributed by atoms with Crippen molar-refractivity contribution < 1.29 is 27.9 Å². The second-order valence-corrected chi connectivity index (χ2v) is 7.16. The second kappa shape index (κ2) is 10.7. The van der Waals surface area contributed by atoms with Crippen LogP contribution in [0.15, 0.2) is 53.7 Å². The Bertz CT molecular complexity index is 947. The molecule has 0 spiro atoms. The Morgan fingerprint density at radius 2 is 1.87 bits per heavy atom. The minimum atomic E-state index is -0.457. The van der Waals surface area contributed by atoms with Crippen LogP contribution in [0.4, 0.5) is 8.78 Å². The van der Waals surface area contributed by atoms with Crippen LogP contribution in [0.5, 0.6) is 0 Å². The molecule has 6 nitrogen and oxygen atoms in total. The van der Waals surface area contributed by atoms with Gasteiger partial charge in [0.1, 0.15) is 11.6 Å². The molecule has 3 rings (SSSR count). The van der Waals surface area contributed by atoms with Gasteiger partial charge in [-0.25, -0.2) is 8.78 Å². The number of oxime groups is 1. The molecular formula is C23H24F2N2O4. The van der Waals surface area contributed by atoms with Crippen LogP contribution in [0.2, 0.25) is 0 Å². The molecule has 0 fully saturated rings. The van der Waals surface area contributed by atoms with Crippen molar-refractivity contribution in [3.8, 4) is 0 Å². The Balaban J connectivity index is 1.66. The molecule has 0 bridgehead atoms. The molecule has 0 N–H and O–H groups in total. The van der Waals surface area contributed by atoms with Gasteiger partial charge in [-0.15, -0.1) is 0 Å². The fraction of sp³-hybridized carbons (Fsp3) is 0.348. The van der Waals surface area contributed by atoms with Crippen LogP contribution in [0.25, 0.3) is 0 Å². The van der Waals surface area contributed by atoms with Crippen molar-refractivity contribution in [1.82, 2.24) is 4.90 Å². The third kappa shape index (κ3) is 6.34. The maximum atomic E-state index is 14.0. The van der Waals surface area contributed by atoms with Gasteiger partial charge in [-0.1, -0.05) is 35.5 Å². The zero-order chi connectivity index (χ0) is 22.2. The highest BCUT2D eigenvalue weighted by atomic mass is 19.1. The Hall–Kier alpha value is -3.29. The molecule has 31 heavy (non-hydrogen) atoms. The highest BCUT2D eigenvalue weighted by Crippen LogP contribution is 2.21. The number of esters is 1. The summed E-state index contributed by atoms with van der Waals surface area (Å²) in [6, 6.07) is 12.1. The molecular weight excluding hydrogens is 406 g/mol. The number of amides is 1. The number of carbonyl (C=O) groups is 2. The van der Waals surface area contributed by atoms with Crippen LogP contribution < -0.4 is 0 Å². The number of nitrogens with zero attached hydrogens (tertiary/aromatic N) is 2. The van der Waals surface area contributed by atoms with Crippen LogP contribution in [0.3, 0.4) is 0 Å². The van der Waals surface area contributed by atoms with E-state index in [1.54, 1.807) is 37.3 Å². The molecule has 0 aliphatic carbocycles. The average molecular weight is 430 g/mol. The van der Waals surface area contributed by atoms with E-state index in [-0.39, 0.29) is 50.1 Å². The highest BCUT2D eigenvalue weighted by molar-refractivity contribution is 6.01. The normalized spacial score (nSPS) is 15.2. The van der Waals surface area contributed by atoms with Gasteiger partial charge >= 0.3 is 5.97 Å². The summed E-state index contributed by atoms with van der Waals surface area (Å²) in [5.41, 5.74) is 1.58. The fourth-order valence-electron chi connectivity index (χ4n) is 3.29. The minimum absolute atomic E-state index is 0.0201. The van der Waals surface area contributed by atoms with Gasteiger partial charge in [-0.3, -0.25) is 9.59 Å². The van der Waals surface area contributed by atoms with Crippen molar-refractivity contribution in [2.24, 2.45) is 5.16 Å². The number of hydrogen-bond donors (Lipinski definition) is 0. The van der Waals surface area contributed by atoms with Crippen LogP contribution in [-0.4, -0.2) is 41.7 Å². The van der Waals surface area contributed by atoms with E-state index in [4.69, 9.17) is 9.57 Å². The van der Waals surface area contributed by atoms with Crippen LogP contribution >= 0.6 is 0 Å². The smallest absolute Gasteiger partial charge is 0.306 e. The highest BCUT2D eigenvalue weighted by Gasteiger charge is 2.28. The maximum absolute atomic E-state index is 14.0. The van der Waals surface area contributed by atoms with Crippen molar-refractivity contribution in [3.63, 3.8) is 0 Å². The third-order valence-corrected chi connectivity index (χ3v) is 4.83. The minimum Gasteiger partial charge on any atom is -0.466 e. The summed E-state index contributed by atoms with van der Waals surface area (Å²) >= 11 is 0. The Kier molecular flexibility index (Phi) is 7.70. The summed E-state index contributed by atoms with van der Waals surface area (Å²) in [6.07, 6.45) is -0.170. The molecule has 164 valence electrons. The van der Waals surface area contributed by atoms with Gasteiger partial charge in [-0.2, -0.15) is 0 Å². The lowest BCUT2D eigenvalue weighted by molar-refractivity contribution is -0.146. The van der Waals surface area contributed by atoms with Crippen molar-refractivity contribution >= 4 is 17.6 Å². The second-order valence-electron chi connectivity index (χ2n) is 7.16. The van der Waals surface area contributed by atoms with E-state index >= 15 is 0 Å². The number of halogens is 2. The monoisotopic (exact) mass is 430 g/mol. The molecule has 1 heterocycles. The van der Waals surface area contributed by atoms with E-state index < -0.39 is 12.1 Å². The largest absolute Gasteiger partial charge is 0.466 e. The number of benzene rings is 2. The van der Waals surface area contributed by atoms with Gasteiger partial charge in [0.05, 0.1) is 25.3 Å². The molecule has 1 unspecified atom stereocenters. The fourth-order valence-corrected chi connectivity index (χ4v) is 3.29. The SMILES string of the molecule is CCOC(=O)CCC(=O)N(Cc1ccc(F)cc1)CC1CC(c2ccccc2F)=NO1. The van der Waals surface area contributed by atoms with Gasteiger partial charge in [0.25, 0.3) is 0 Å². The lowest BCUT2D eigenvalue weighted by Gasteiger charge is -2.25. The summed E-state index contributed by atoms with van der Waals surface area (Å²) in [6.45, 7) is 2.36. The zero-order valence-electron chi connectivity index (χ0n) is 17.2. The van der Waals surface area contributed by atoms with Crippen molar-refractivity contribution in [3.05, 3.63) is 71.3 Å². The Morgan fingerprint density at radius 1 is 1.13 bits per heavy atom. The first kappa shape index (κ1) is 22.4. The Morgan fingerprint density at radius 3 is 2.58 bits per heavy atom. The number of rotatable bonds is 9. The molecule has 0 saturated heterocycles. The maximum Gasteiger partial charge on any atom is 0.306 e. The molecule has 0 radical (unpaired) electrons. The summed E-state index contributed by atoms with van der Waals surface area (Å²) in [5.74, 6) is -1.47. The molecule has 0 saturated carbocycles. The number of ether oxygens (including phenoxy) is 1. The van der Waals surface area contributed by atoms with Crippen molar-refractivity contribution in [1.29, 1.82) is 0 Å². The van der Waals surface area contributed by atoms with E-state index in [9.17, 15) is 18.4 Å². The Labute approximate surface area is 179 Å². The first-order valence-electron chi connectivity index (χ1n) is 10.1. The van der Waals surface area contributed by atoms with Crippen LogP contribution in [0.1, 0.15) is 37.3 Å². The number of hydrogen-bond acceptors (Lipinski definition) is 5. The lowest BCUT2D eigenvalue weighted by Crippen LogP contribution is -2.37. The van der Waals surface area contributed by atoms with E-state index in [0.29, 0.717) is 17.7 Å². The molecule has 2 aromatic carbocycles. The predicted octanol–water partition coefficient (Wildman–Crippen LogP) is 3.83. The summed E-state index contributed by atoms with van der Waals surface area (Å²) in [5, 5.41) is 3.99. The first-order chi connectivity index (χ1) is 15.0. The molecule has 1 aliphatic rings. The van der Waals surface area contributed by atoms with Gasteiger partial charge < -0.3 is 14.5 Å².